The molecule has 0 bridgehead atoms. The van der Waals surface area contributed by atoms with Gasteiger partial charge in [0.15, 0.2) is 0 Å². The van der Waals surface area contributed by atoms with Gasteiger partial charge in [-0.2, -0.15) is 5.06 Å². The average Bonchev–Trinajstić information content (AvgIpc) is 3.26. The van der Waals surface area contributed by atoms with Crippen molar-refractivity contribution in [3.8, 4) is 11.3 Å². The zero-order valence-corrected chi connectivity index (χ0v) is 23.3. The Kier molecular flexibility index (Phi) is 7.97. The molecule has 204 valence electrons. The Morgan fingerprint density at radius 2 is 1.87 bits per heavy atom. The second-order valence-electron chi connectivity index (χ2n) is 10.7. The Balaban J connectivity index is 1.36. The van der Waals surface area contributed by atoms with E-state index >= 15 is 0 Å². The van der Waals surface area contributed by atoms with E-state index in [2.05, 4.69) is 33.2 Å². The number of hydrogen-bond acceptors (Lipinski definition) is 7. The first-order chi connectivity index (χ1) is 18.4. The van der Waals surface area contributed by atoms with E-state index in [0.717, 1.165) is 80.2 Å². The van der Waals surface area contributed by atoms with Crippen molar-refractivity contribution >= 4 is 17.3 Å². The van der Waals surface area contributed by atoms with Crippen molar-refractivity contribution < 1.29 is 14.4 Å². The van der Waals surface area contributed by atoms with Crippen molar-refractivity contribution in [2.75, 3.05) is 45.4 Å². The van der Waals surface area contributed by atoms with Crippen molar-refractivity contribution in [2.24, 2.45) is 0 Å². The molecule has 3 heterocycles. The second kappa shape index (κ2) is 11.4. The molecule has 2 aliphatic rings. The van der Waals surface area contributed by atoms with Crippen LogP contribution in [0.25, 0.3) is 16.8 Å². The van der Waals surface area contributed by atoms with Gasteiger partial charge in [-0.3, -0.25) is 19.1 Å². The number of fused-ring (bicyclic) bond motifs is 1. The molecular formula is C29H40N6O3. The highest BCUT2D eigenvalue weighted by atomic mass is 16.7. The molecule has 0 radical (unpaired) electrons. The summed E-state index contributed by atoms with van der Waals surface area (Å²) in [5, 5.41) is 1.19. The molecule has 1 aromatic carbocycles. The van der Waals surface area contributed by atoms with Crippen molar-refractivity contribution in [1.82, 2.24) is 24.2 Å². The summed E-state index contributed by atoms with van der Waals surface area (Å²) < 4.78 is 7.75. The van der Waals surface area contributed by atoms with E-state index in [0.29, 0.717) is 17.6 Å². The maximum atomic E-state index is 12.7. The number of likely N-dealkylation sites (N-methyl/N-ethyl adjacent to an activating group) is 1. The van der Waals surface area contributed by atoms with E-state index in [-0.39, 0.29) is 6.10 Å². The van der Waals surface area contributed by atoms with Crippen LogP contribution in [0.15, 0.2) is 36.7 Å². The Bertz CT molecular complexity index is 1250. The molecule has 0 spiro atoms. The van der Waals surface area contributed by atoms with Crippen molar-refractivity contribution in [2.45, 2.75) is 64.5 Å². The fourth-order valence-electron chi connectivity index (χ4n) is 5.72. The quantitative estimate of drug-likeness (QED) is 0.392. The Hall–Kier alpha value is -3.01. The van der Waals surface area contributed by atoms with E-state index in [1.54, 1.807) is 0 Å². The zero-order chi connectivity index (χ0) is 26.8. The molecule has 2 fully saturated rings. The number of imidazole rings is 1. The average molecular weight is 521 g/mol. The van der Waals surface area contributed by atoms with E-state index in [1.165, 1.54) is 12.2 Å². The number of anilines is 1. The Morgan fingerprint density at radius 3 is 2.53 bits per heavy atom. The van der Waals surface area contributed by atoms with Crippen LogP contribution in [0, 0.1) is 6.92 Å². The summed E-state index contributed by atoms with van der Waals surface area (Å²) in [6.45, 7) is 10.6. The number of hydroxylamine groups is 1. The topological polar surface area (TPSA) is 75.4 Å². The molecule has 1 saturated heterocycles. The predicted octanol–water partition coefficient (Wildman–Crippen LogP) is 4.89. The lowest BCUT2D eigenvalue weighted by atomic mass is 9.78. The van der Waals surface area contributed by atoms with Gasteiger partial charge < -0.3 is 9.64 Å². The minimum Gasteiger partial charge on any atom is -0.445 e. The molecule has 9 heteroatoms. The van der Waals surface area contributed by atoms with Crippen molar-refractivity contribution in [1.29, 1.82) is 0 Å². The number of carbonyl (C=O) groups is 1. The molecule has 1 aliphatic heterocycles. The lowest BCUT2D eigenvalue weighted by Gasteiger charge is -2.45. The fourth-order valence-corrected chi connectivity index (χ4v) is 5.72. The van der Waals surface area contributed by atoms with Crippen LogP contribution in [0.5, 0.6) is 0 Å². The third-order valence-electron chi connectivity index (χ3n) is 8.02. The maximum Gasteiger partial charge on any atom is 0.439 e. The first-order valence-electron chi connectivity index (χ1n) is 13.8. The highest BCUT2D eigenvalue weighted by molar-refractivity contribution is 5.87. The first-order valence-corrected chi connectivity index (χ1v) is 13.8. The van der Waals surface area contributed by atoms with E-state index in [9.17, 15) is 4.79 Å². The van der Waals surface area contributed by atoms with Crippen LogP contribution in [0.1, 0.15) is 57.0 Å². The number of piperazine rings is 1. The van der Waals surface area contributed by atoms with Crippen LogP contribution in [0.2, 0.25) is 0 Å². The van der Waals surface area contributed by atoms with Crippen molar-refractivity contribution in [3.63, 3.8) is 0 Å². The summed E-state index contributed by atoms with van der Waals surface area (Å²) >= 11 is 0. The Morgan fingerprint density at radius 1 is 1.16 bits per heavy atom. The standard InChI is InChI=1S/C29H40N6O3/c1-6-7-20(2)38-29(36)35(37-5)24-10-8-22(9-11-24)26-27-21(3)30-12-13-34(27)28(31-26)23-18-25(19-23)33-16-14-32(4)15-17-33/h8-13,20,23,25H,6-7,14-19H2,1-5H3. The number of benzene rings is 1. The summed E-state index contributed by atoms with van der Waals surface area (Å²) in [7, 11) is 3.67. The van der Waals surface area contributed by atoms with Gasteiger partial charge in [-0.05, 0) is 52.3 Å². The van der Waals surface area contributed by atoms with Crippen LogP contribution < -0.4 is 5.06 Å². The normalized spacial score (nSPS) is 21.3. The first kappa shape index (κ1) is 26.6. The predicted molar refractivity (Wildman–Crippen MR) is 148 cm³/mol. The lowest BCUT2D eigenvalue weighted by Crippen LogP contribution is -2.52. The summed E-state index contributed by atoms with van der Waals surface area (Å²) in [6.07, 6.45) is 7.25. The smallest absolute Gasteiger partial charge is 0.439 e. The molecule has 1 amide bonds. The molecule has 2 aromatic heterocycles. The maximum absolute atomic E-state index is 12.7. The van der Waals surface area contributed by atoms with Gasteiger partial charge in [0.2, 0.25) is 0 Å². The number of ether oxygens (including phenoxy) is 1. The SMILES string of the molecule is CCCC(C)OC(=O)N(OC)c1ccc(-c2nc(C3CC(N4CCN(C)CC4)C3)n3ccnc(C)c23)cc1. The number of nitrogens with zero attached hydrogens (tertiary/aromatic N) is 6. The van der Waals surface area contributed by atoms with Gasteiger partial charge in [0, 0.05) is 56.1 Å². The number of rotatable bonds is 8. The minimum atomic E-state index is -0.518. The number of aryl methyl sites for hydroxylation is 1. The third kappa shape index (κ3) is 5.28. The van der Waals surface area contributed by atoms with Gasteiger partial charge in [0.05, 0.1) is 29.7 Å². The molecule has 5 rings (SSSR count). The van der Waals surface area contributed by atoms with Crippen LogP contribution in [0.4, 0.5) is 10.5 Å². The molecule has 0 N–H and O–H groups in total. The largest absolute Gasteiger partial charge is 0.445 e. The van der Waals surface area contributed by atoms with Gasteiger partial charge in [0.1, 0.15) is 11.9 Å². The Labute approximate surface area is 225 Å². The van der Waals surface area contributed by atoms with Gasteiger partial charge in [-0.15, -0.1) is 0 Å². The molecule has 1 atom stereocenters. The lowest BCUT2D eigenvalue weighted by molar-refractivity contribution is 0.0586. The number of amides is 1. The highest BCUT2D eigenvalue weighted by Crippen LogP contribution is 2.41. The molecule has 38 heavy (non-hydrogen) atoms. The van der Waals surface area contributed by atoms with Gasteiger partial charge in [-0.1, -0.05) is 25.5 Å². The second-order valence-corrected chi connectivity index (χ2v) is 10.7. The highest BCUT2D eigenvalue weighted by Gasteiger charge is 2.38. The van der Waals surface area contributed by atoms with Gasteiger partial charge in [-0.25, -0.2) is 9.78 Å². The minimum absolute atomic E-state index is 0.169. The molecular weight excluding hydrogens is 480 g/mol. The third-order valence-corrected chi connectivity index (χ3v) is 8.02. The summed E-state index contributed by atoms with van der Waals surface area (Å²) in [5.74, 6) is 1.55. The zero-order valence-electron chi connectivity index (χ0n) is 23.3. The van der Waals surface area contributed by atoms with Crippen LogP contribution in [-0.2, 0) is 9.57 Å². The molecule has 1 unspecified atom stereocenters. The number of carbonyl (C=O) groups excluding carboxylic acids is 1. The number of aromatic nitrogens is 3. The van der Waals surface area contributed by atoms with E-state index < -0.39 is 6.09 Å². The summed E-state index contributed by atoms with van der Waals surface area (Å²) in [6, 6.07) is 8.35. The van der Waals surface area contributed by atoms with Gasteiger partial charge >= 0.3 is 6.09 Å². The van der Waals surface area contributed by atoms with Crippen LogP contribution in [-0.4, -0.2) is 82.7 Å². The monoisotopic (exact) mass is 520 g/mol. The fraction of sp³-hybridized carbons (Fsp3) is 0.552. The molecule has 1 saturated carbocycles. The summed E-state index contributed by atoms with van der Waals surface area (Å²) in [4.78, 5) is 32.8. The number of hydrogen-bond donors (Lipinski definition) is 0. The van der Waals surface area contributed by atoms with Gasteiger partial charge in [0.25, 0.3) is 0 Å². The van der Waals surface area contributed by atoms with Crippen LogP contribution >= 0.6 is 0 Å². The molecule has 9 nitrogen and oxygen atoms in total. The van der Waals surface area contributed by atoms with Crippen LogP contribution in [0.3, 0.4) is 0 Å². The molecule has 1 aliphatic carbocycles. The summed E-state index contributed by atoms with van der Waals surface area (Å²) in [5.41, 5.74) is 4.50. The van der Waals surface area contributed by atoms with E-state index in [1.807, 2.05) is 50.5 Å². The van der Waals surface area contributed by atoms with Crippen molar-refractivity contribution in [3.05, 3.63) is 48.2 Å². The molecule has 3 aromatic rings. The van der Waals surface area contributed by atoms with E-state index in [4.69, 9.17) is 14.6 Å².